The lowest BCUT2D eigenvalue weighted by Gasteiger charge is -2.16. The van der Waals surface area contributed by atoms with Crippen molar-refractivity contribution in [3.05, 3.63) is 35.9 Å². The Morgan fingerprint density at radius 1 is 1.43 bits per heavy atom. The minimum Gasteiger partial charge on any atom is -0.352 e. The molecule has 76 valence electrons. The van der Waals surface area contributed by atoms with Crippen molar-refractivity contribution in [2.24, 2.45) is 5.73 Å². The Labute approximate surface area is 84.3 Å². The van der Waals surface area contributed by atoms with E-state index in [9.17, 15) is 4.79 Å². The molecular formula is C11H16N2O. The number of hydrogen-bond donors (Lipinski definition) is 2. The lowest BCUT2D eigenvalue weighted by atomic mass is 10.0. The Bertz CT molecular complexity index is 285. The van der Waals surface area contributed by atoms with Crippen molar-refractivity contribution in [2.75, 3.05) is 0 Å². The molecule has 0 unspecified atom stereocenters. The predicted molar refractivity (Wildman–Crippen MR) is 56.8 cm³/mol. The Morgan fingerprint density at radius 3 is 2.57 bits per heavy atom. The molecule has 0 aromatic heterocycles. The fourth-order valence-corrected chi connectivity index (χ4v) is 1.47. The summed E-state index contributed by atoms with van der Waals surface area (Å²) < 4.78 is 0. The molecule has 0 aliphatic carbocycles. The number of benzene rings is 1. The third kappa shape index (κ3) is 3.09. The van der Waals surface area contributed by atoms with Gasteiger partial charge in [0.1, 0.15) is 0 Å². The zero-order chi connectivity index (χ0) is 10.4. The number of urea groups is 1. The van der Waals surface area contributed by atoms with E-state index in [4.69, 9.17) is 5.73 Å². The maximum atomic E-state index is 10.8. The fraction of sp³-hybridized carbons (Fsp3) is 0.364. The van der Waals surface area contributed by atoms with E-state index in [0.717, 1.165) is 18.4 Å². The molecular weight excluding hydrogens is 176 g/mol. The number of nitrogens with one attached hydrogen (secondary N) is 1. The summed E-state index contributed by atoms with van der Waals surface area (Å²) in [6, 6.07) is 9.44. The van der Waals surface area contributed by atoms with Gasteiger partial charge in [-0.2, -0.15) is 0 Å². The van der Waals surface area contributed by atoms with Crippen LogP contribution in [-0.2, 0) is 0 Å². The maximum Gasteiger partial charge on any atom is 0.312 e. The van der Waals surface area contributed by atoms with Crippen LogP contribution >= 0.6 is 0 Å². The van der Waals surface area contributed by atoms with E-state index in [-0.39, 0.29) is 6.04 Å². The van der Waals surface area contributed by atoms with Gasteiger partial charge in [0.15, 0.2) is 0 Å². The van der Waals surface area contributed by atoms with E-state index in [0.29, 0.717) is 0 Å². The van der Waals surface area contributed by atoms with Crippen LogP contribution < -0.4 is 11.1 Å². The second-order valence-electron chi connectivity index (χ2n) is 3.26. The summed E-state index contributed by atoms with van der Waals surface area (Å²) in [5.74, 6) is 0. The zero-order valence-electron chi connectivity index (χ0n) is 8.36. The molecule has 0 heterocycles. The van der Waals surface area contributed by atoms with Gasteiger partial charge in [0.2, 0.25) is 0 Å². The summed E-state index contributed by atoms with van der Waals surface area (Å²) in [5.41, 5.74) is 6.22. The summed E-state index contributed by atoms with van der Waals surface area (Å²) in [4.78, 5) is 10.8. The molecule has 3 N–H and O–H groups in total. The smallest absolute Gasteiger partial charge is 0.312 e. The number of carbonyl (C=O) groups is 1. The highest BCUT2D eigenvalue weighted by Crippen LogP contribution is 2.17. The zero-order valence-corrected chi connectivity index (χ0v) is 8.36. The summed E-state index contributed by atoms with van der Waals surface area (Å²) in [6.07, 6.45) is 1.92. The topological polar surface area (TPSA) is 55.1 Å². The van der Waals surface area contributed by atoms with Gasteiger partial charge in [-0.25, -0.2) is 4.79 Å². The number of nitrogens with two attached hydrogens (primary N) is 1. The average molecular weight is 192 g/mol. The quantitative estimate of drug-likeness (QED) is 0.754. The van der Waals surface area contributed by atoms with E-state index in [1.807, 2.05) is 30.3 Å². The molecule has 1 aromatic rings. The van der Waals surface area contributed by atoms with Gasteiger partial charge in [0.05, 0.1) is 6.04 Å². The summed E-state index contributed by atoms with van der Waals surface area (Å²) in [6.45, 7) is 2.08. The van der Waals surface area contributed by atoms with Crippen LogP contribution in [-0.4, -0.2) is 6.03 Å². The van der Waals surface area contributed by atoms with E-state index < -0.39 is 6.03 Å². The second-order valence-corrected chi connectivity index (χ2v) is 3.26. The fourth-order valence-electron chi connectivity index (χ4n) is 1.47. The molecule has 1 aromatic carbocycles. The van der Waals surface area contributed by atoms with E-state index in [1.165, 1.54) is 0 Å². The first-order chi connectivity index (χ1) is 6.74. The standard InChI is InChI=1S/C11H16N2O/c1-2-6-10(13-11(12)14)9-7-4-3-5-8-9/h3-5,7-8,10H,2,6H2,1H3,(H3,12,13,14)/t10-/m1/s1. The molecule has 1 rings (SSSR count). The lowest BCUT2D eigenvalue weighted by molar-refractivity contribution is 0.244. The molecule has 0 aliphatic rings. The van der Waals surface area contributed by atoms with Crippen LogP contribution in [0.2, 0.25) is 0 Å². The van der Waals surface area contributed by atoms with Crippen molar-refractivity contribution in [2.45, 2.75) is 25.8 Å². The van der Waals surface area contributed by atoms with E-state index in [1.54, 1.807) is 0 Å². The van der Waals surface area contributed by atoms with Crippen molar-refractivity contribution in [3.8, 4) is 0 Å². The highest BCUT2D eigenvalue weighted by atomic mass is 16.2. The first-order valence-corrected chi connectivity index (χ1v) is 4.85. The predicted octanol–water partition coefficient (Wildman–Crippen LogP) is 2.20. The van der Waals surface area contributed by atoms with Gasteiger partial charge in [-0.1, -0.05) is 43.7 Å². The number of rotatable bonds is 4. The van der Waals surface area contributed by atoms with E-state index >= 15 is 0 Å². The third-order valence-electron chi connectivity index (χ3n) is 2.10. The van der Waals surface area contributed by atoms with Crippen LogP contribution in [0, 0.1) is 0 Å². The first-order valence-electron chi connectivity index (χ1n) is 4.85. The number of primary amides is 1. The molecule has 3 nitrogen and oxygen atoms in total. The molecule has 0 aliphatic heterocycles. The summed E-state index contributed by atoms with van der Waals surface area (Å²) >= 11 is 0. The molecule has 0 spiro atoms. The van der Waals surface area contributed by atoms with Crippen LogP contribution in [0.25, 0.3) is 0 Å². The SMILES string of the molecule is CCC[C@@H](NC(N)=O)c1ccccc1. The van der Waals surface area contributed by atoms with Crippen molar-refractivity contribution < 1.29 is 4.79 Å². The lowest BCUT2D eigenvalue weighted by Crippen LogP contribution is -2.33. The highest BCUT2D eigenvalue weighted by Gasteiger charge is 2.10. The van der Waals surface area contributed by atoms with Crippen molar-refractivity contribution in [3.63, 3.8) is 0 Å². The van der Waals surface area contributed by atoms with Crippen molar-refractivity contribution >= 4 is 6.03 Å². The van der Waals surface area contributed by atoms with Gasteiger partial charge in [0.25, 0.3) is 0 Å². The Balaban J connectivity index is 2.72. The molecule has 0 bridgehead atoms. The third-order valence-corrected chi connectivity index (χ3v) is 2.10. The van der Waals surface area contributed by atoms with Crippen LogP contribution in [0.5, 0.6) is 0 Å². The van der Waals surface area contributed by atoms with Crippen LogP contribution in [0.3, 0.4) is 0 Å². The van der Waals surface area contributed by atoms with E-state index in [2.05, 4.69) is 12.2 Å². The summed E-state index contributed by atoms with van der Waals surface area (Å²) in [7, 11) is 0. The largest absolute Gasteiger partial charge is 0.352 e. The molecule has 2 amide bonds. The minimum atomic E-state index is -0.465. The van der Waals surface area contributed by atoms with Crippen LogP contribution in [0.4, 0.5) is 4.79 Å². The molecule has 1 atom stereocenters. The molecule has 14 heavy (non-hydrogen) atoms. The monoisotopic (exact) mass is 192 g/mol. The Kier molecular flexibility index (Phi) is 3.98. The normalized spacial score (nSPS) is 12.1. The highest BCUT2D eigenvalue weighted by molar-refractivity contribution is 5.72. The average Bonchev–Trinajstić information content (AvgIpc) is 2.18. The van der Waals surface area contributed by atoms with Gasteiger partial charge in [-0.15, -0.1) is 0 Å². The van der Waals surface area contributed by atoms with Crippen molar-refractivity contribution in [1.29, 1.82) is 0 Å². The number of amides is 2. The van der Waals surface area contributed by atoms with Gasteiger partial charge in [-0.3, -0.25) is 0 Å². The van der Waals surface area contributed by atoms with Crippen LogP contribution in [0.15, 0.2) is 30.3 Å². The van der Waals surface area contributed by atoms with Gasteiger partial charge in [-0.05, 0) is 12.0 Å². The summed E-state index contributed by atoms with van der Waals surface area (Å²) in [5, 5.41) is 2.74. The minimum absolute atomic E-state index is 0.0405. The maximum absolute atomic E-state index is 10.8. The van der Waals surface area contributed by atoms with Crippen molar-refractivity contribution in [1.82, 2.24) is 5.32 Å². The Morgan fingerprint density at radius 2 is 2.07 bits per heavy atom. The van der Waals surface area contributed by atoms with Gasteiger partial charge in [0, 0.05) is 0 Å². The molecule has 0 saturated carbocycles. The van der Waals surface area contributed by atoms with Gasteiger partial charge < -0.3 is 11.1 Å². The Hall–Kier alpha value is -1.51. The number of hydrogen-bond acceptors (Lipinski definition) is 1. The van der Waals surface area contributed by atoms with Gasteiger partial charge >= 0.3 is 6.03 Å². The molecule has 0 radical (unpaired) electrons. The first kappa shape index (κ1) is 10.6. The van der Waals surface area contributed by atoms with Crippen LogP contribution in [0.1, 0.15) is 31.4 Å². The second kappa shape index (κ2) is 5.27. The number of carbonyl (C=O) groups excluding carboxylic acids is 1. The molecule has 0 saturated heterocycles. The molecule has 0 fully saturated rings. The molecule has 3 heteroatoms.